The first-order chi connectivity index (χ1) is 34.6. The van der Waals surface area contributed by atoms with Crippen molar-refractivity contribution in [3.05, 3.63) is 234 Å². The second-order valence-electron chi connectivity index (χ2n) is 17.9. The van der Waals surface area contributed by atoms with Crippen LogP contribution in [0.4, 0.5) is 17.1 Å². The third kappa shape index (κ3) is 5.08. The zero-order valence-corrected chi connectivity index (χ0v) is 37.8. The molecule has 1 unspecified atom stereocenters. The van der Waals surface area contributed by atoms with E-state index < -0.39 is 5.41 Å². The van der Waals surface area contributed by atoms with Crippen molar-refractivity contribution in [2.24, 2.45) is 0 Å². The molecule has 0 radical (unpaired) electrons. The lowest BCUT2D eigenvalue weighted by molar-refractivity contribution is 0.435. The number of rotatable bonds is 3. The summed E-state index contributed by atoms with van der Waals surface area (Å²) >= 11 is 1.78. The Labute approximate surface area is 405 Å². The predicted molar refractivity (Wildman–Crippen MR) is 276 cm³/mol. The summed E-state index contributed by atoms with van der Waals surface area (Å²) < 4.78 is 12.0. The molecule has 0 saturated heterocycles. The molecule has 1 spiro atoms. The second-order valence-corrected chi connectivity index (χ2v) is 19.0. The molecule has 0 N–H and O–H groups in total. The van der Waals surface area contributed by atoms with Gasteiger partial charge in [-0.2, -0.15) is 10.5 Å². The summed E-state index contributed by atoms with van der Waals surface area (Å²) in [5.41, 5.74) is 14.7. The van der Waals surface area contributed by atoms with Crippen LogP contribution in [-0.2, 0) is 5.41 Å². The Kier molecular flexibility index (Phi) is 7.90. The van der Waals surface area contributed by atoms with Gasteiger partial charge in [0.25, 0.3) is 0 Å². The van der Waals surface area contributed by atoms with E-state index in [1.54, 1.807) is 11.8 Å². The fraction of sp³-hybridized carbons (Fsp3) is 0.0164. The maximum Gasteiger partial charge on any atom is 0.134 e. The van der Waals surface area contributed by atoms with Crippen molar-refractivity contribution in [1.82, 2.24) is 19.1 Å². The molecule has 2 aliphatic heterocycles. The van der Waals surface area contributed by atoms with Crippen LogP contribution < -0.4 is 9.64 Å². The van der Waals surface area contributed by atoms with Gasteiger partial charge in [0.2, 0.25) is 0 Å². The van der Waals surface area contributed by atoms with E-state index in [9.17, 15) is 10.5 Å². The first-order valence-corrected chi connectivity index (χ1v) is 23.9. The van der Waals surface area contributed by atoms with Crippen molar-refractivity contribution in [1.29, 1.82) is 10.5 Å². The molecular formula is C61H33N7OS. The molecule has 70 heavy (non-hydrogen) atoms. The summed E-state index contributed by atoms with van der Waals surface area (Å²) in [7, 11) is 0. The molecule has 15 rings (SSSR count). The van der Waals surface area contributed by atoms with Crippen LogP contribution in [0.25, 0.3) is 66.4 Å². The minimum absolute atomic E-state index is 0.603. The standard InChI is InChI=1S/C61H33N7OS/c62-33-36-22-26-49-42(29-36)40-11-1-3-14-47(40)66(49)38-24-25-44-55(32-38)69-54-19-9-18-53(68-48-15-4-2-12-41(48)43-30-37(34-63)23-27-50(43)68)58(54)61(44)45-13-10-28-64-59(45)60-46(61)31-39(35-65-60)67-51-16-5-7-20-56(51)70-57-21-8-6-17-52(57)67/h1-32,35H. The molecule has 8 aromatic carbocycles. The van der Waals surface area contributed by atoms with Crippen LogP contribution in [0.2, 0.25) is 0 Å². The van der Waals surface area contributed by atoms with Crippen molar-refractivity contribution < 1.29 is 4.74 Å². The Morgan fingerprint density at radius 1 is 0.457 bits per heavy atom. The van der Waals surface area contributed by atoms with Gasteiger partial charge >= 0.3 is 0 Å². The summed E-state index contributed by atoms with van der Waals surface area (Å²) in [5.74, 6) is 1.42. The van der Waals surface area contributed by atoms with Crippen LogP contribution in [0.15, 0.2) is 210 Å². The second kappa shape index (κ2) is 14.3. The van der Waals surface area contributed by atoms with Crippen LogP contribution in [0.5, 0.6) is 11.5 Å². The zero-order chi connectivity index (χ0) is 46.2. The average molecular weight is 912 g/mol. The van der Waals surface area contributed by atoms with Gasteiger partial charge < -0.3 is 18.8 Å². The highest BCUT2D eigenvalue weighted by Crippen LogP contribution is 2.64. The molecule has 0 bridgehead atoms. The van der Waals surface area contributed by atoms with Gasteiger partial charge in [0.05, 0.1) is 91.1 Å². The Bertz CT molecular complexity index is 4340. The van der Waals surface area contributed by atoms with Gasteiger partial charge in [0.15, 0.2) is 0 Å². The van der Waals surface area contributed by atoms with Crippen LogP contribution in [0.3, 0.4) is 0 Å². The highest BCUT2D eigenvalue weighted by molar-refractivity contribution is 7.99. The monoisotopic (exact) mass is 911 g/mol. The summed E-state index contributed by atoms with van der Waals surface area (Å²) in [6, 6.07) is 70.0. The van der Waals surface area contributed by atoms with E-state index in [2.05, 4.69) is 172 Å². The number of nitrogens with zero attached hydrogens (tertiary/aromatic N) is 7. The van der Waals surface area contributed by atoms with Gasteiger partial charge in [0, 0.05) is 66.0 Å². The summed E-state index contributed by atoms with van der Waals surface area (Å²) in [5, 5.41) is 24.1. The number of fused-ring (bicyclic) bond motifs is 17. The molecule has 12 aromatic rings. The van der Waals surface area contributed by atoms with E-state index in [-0.39, 0.29) is 0 Å². The Morgan fingerprint density at radius 3 is 1.79 bits per heavy atom. The van der Waals surface area contributed by atoms with E-state index in [1.807, 2.05) is 54.9 Å². The number of aromatic nitrogens is 4. The van der Waals surface area contributed by atoms with Crippen LogP contribution in [0, 0.1) is 22.7 Å². The highest BCUT2D eigenvalue weighted by Gasteiger charge is 2.54. The summed E-state index contributed by atoms with van der Waals surface area (Å²) in [6.07, 6.45) is 3.86. The molecular weight excluding hydrogens is 879 g/mol. The Balaban J connectivity index is 1.06. The van der Waals surface area contributed by atoms with Crippen LogP contribution in [-0.4, -0.2) is 19.1 Å². The van der Waals surface area contributed by atoms with Crippen molar-refractivity contribution in [3.8, 4) is 46.4 Å². The molecule has 0 amide bonds. The van der Waals surface area contributed by atoms with Gasteiger partial charge in [-0.1, -0.05) is 90.6 Å². The van der Waals surface area contributed by atoms with Crippen molar-refractivity contribution in [2.45, 2.75) is 15.2 Å². The van der Waals surface area contributed by atoms with E-state index in [1.165, 1.54) is 0 Å². The number of hydrogen-bond donors (Lipinski definition) is 0. The third-order valence-electron chi connectivity index (χ3n) is 14.5. The first kappa shape index (κ1) is 38.7. The quantitative estimate of drug-likeness (QED) is 0.174. The van der Waals surface area contributed by atoms with Gasteiger partial charge in [-0.05, 0) is 109 Å². The fourth-order valence-electron chi connectivity index (χ4n) is 11.7. The number of pyridine rings is 2. The Morgan fingerprint density at radius 2 is 1.07 bits per heavy atom. The zero-order valence-electron chi connectivity index (χ0n) is 37.0. The predicted octanol–water partition coefficient (Wildman–Crippen LogP) is 14.8. The Hall–Kier alpha value is -9.41. The fourth-order valence-corrected chi connectivity index (χ4v) is 12.8. The van der Waals surface area contributed by atoms with Crippen LogP contribution in [0.1, 0.15) is 33.4 Å². The largest absolute Gasteiger partial charge is 0.457 e. The topological polar surface area (TPSA) is 95.7 Å². The molecule has 0 fully saturated rings. The summed E-state index contributed by atoms with van der Waals surface area (Å²) in [6.45, 7) is 0. The molecule has 9 heteroatoms. The molecule has 324 valence electrons. The molecule has 6 heterocycles. The number of hydrogen-bond acceptors (Lipinski definition) is 7. The molecule has 0 saturated carbocycles. The highest BCUT2D eigenvalue weighted by atomic mass is 32.2. The van der Waals surface area contributed by atoms with Crippen molar-refractivity contribution in [3.63, 3.8) is 0 Å². The normalized spacial score (nSPS) is 14.9. The summed E-state index contributed by atoms with van der Waals surface area (Å²) in [4.78, 5) is 15.3. The lowest BCUT2D eigenvalue weighted by Crippen LogP contribution is -2.34. The maximum atomic E-state index is 10.1. The molecule has 1 aliphatic carbocycles. The first-order valence-electron chi connectivity index (χ1n) is 23.1. The number of nitriles is 2. The average Bonchev–Trinajstić information content (AvgIpc) is 4.03. The maximum absolute atomic E-state index is 10.1. The van der Waals surface area contributed by atoms with E-state index in [0.29, 0.717) is 22.6 Å². The minimum Gasteiger partial charge on any atom is -0.457 e. The number of para-hydroxylation sites is 4. The number of ether oxygens (including phenoxy) is 1. The van der Waals surface area contributed by atoms with Gasteiger partial charge in [-0.15, -0.1) is 0 Å². The van der Waals surface area contributed by atoms with E-state index in [0.717, 1.165) is 115 Å². The molecule has 1 atom stereocenters. The van der Waals surface area contributed by atoms with Gasteiger partial charge in [-0.25, -0.2) is 0 Å². The lowest BCUT2D eigenvalue weighted by atomic mass is 9.65. The van der Waals surface area contributed by atoms with E-state index >= 15 is 0 Å². The SMILES string of the molecule is N#Cc1ccc2c(c1)c1ccccc1n2-c1ccc2c(c1)Oc1cccc(-n3c4ccccc4c4cc(C#N)ccc43)c1C21c2cccnc2-c2ncc(N3c4ccccc4Sc4ccccc43)cc21. The number of anilines is 3. The van der Waals surface area contributed by atoms with E-state index in [4.69, 9.17) is 14.7 Å². The third-order valence-corrected chi connectivity index (χ3v) is 15.6. The lowest BCUT2D eigenvalue weighted by Gasteiger charge is -2.41. The van der Waals surface area contributed by atoms with Crippen molar-refractivity contribution >= 4 is 72.4 Å². The molecule has 3 aliphatic rings. The number of benzene rings is 8. The van der Waals surface area contributed by atoms with Crippen molar-refractivity contribution in [2.75, 3.05) is 4.90 Å². The van der Waals surface area contributed by atoms with Crippen LogP contribution >= 0.6 is 11.8 Å². The minimum atomic E-state index is -1.00. The van der Waals surface area contributed by atoms with Gasteiger partial charge in [-0.3, -0.25) is 9.97 Å². The molecule has 8 nitrogen and oxygen atoms in total. The molecule has 4 aromatic heterocycles. The smallest absolute Gasteiger partial charge is 0.134 e. The van der Waals surface area contributed by atoms with Gasteiger partial charge in [0.1, 0.15) is 11.5 Å².